The number of alkyl halides is 3. The quantitative estimate of drug-likeness (QED) is 0.797. The molecule has 9 heteroatoms. The van der Waals surface area contributed by atoms with Crippen LogP contribution in [-0.4, -0.2) is 11.0 Å². The molecule has 24 heavy (non-hydrogen) atoms. The van der Waals surface area contributed by atoms with Crippen LogP contribution in [0.25, 0.3) is 0 Å². The largest absolute Gasteiger partial charge is 0.466 e. The Kier molecular flexibility index (Phi) is 4.72. The van der Waals surface area contributed by atoms with Crippen molar-refractivity contribution in [3.63, 3.8) is 0 Å². The monoisotopic (exact) mass is 343 g/mol. The van der Waals surface area contributed by atoms with Crippen molar-refractivity contribution in [1.29, 1.82) is 0 Å². The number of hydrogen-bond donors (Lipinski definition) is 3. The Labute approximate surface area is 135 Å². The van der Waals surface area contributed by atoms with E-state index in [1.807, 2.05) is 4.98 Å². The molecular formula is C15H16F3N3O3. The minimum atomic E-state index is -4.63. The highest BCUT2D eigenvalue weighted by Crippen LogP contribution is 2.29. The lowest BCUT2D eigenvalue weighted by atomic mass is 10.1. The molecule has 0 aromatic carbocycles. The summed E-state index contributed by atoms with van der Waals surface area (Å²) in [5.74, 6) is 1.29. The first-order valence-electron chi connectivity index (χ1n) is 7.02. The van der Waals surface area contributed by atoms with Crippen LogP contribution in [0.1, 0.15) is 35.6 Å². The second kappa shape index (κ2) is 6.42. The summed E-state index contributed by atoms with van der Waals surface area (Å²) in [5.41, 5.74) is -1.65. The summed E-state index contributed by atoms with van der Waals surface area (Å²) in [6.45, 7) is 5.18. The molecule has 1 atom stereocenters. The van der Waals surface area contributed by atoms with E-state index in [1.165, 1.54) is 0 Å². The van der Waals surface area contributed by atoms with Gasteiger partial charge in [-0.3, -0.25) is 4.79 Å². The molecule has 2 aromatic rings. The molecule has 0 bridgehead atoms. The Hall–Kier alpha value is -2.71. The zero-order chi connectivity index (χ0) is 18.1. The predicted octanol–water partition coefficient (Wildman–Crippen LogP) is 3.49. The van der Waals surface area contributed by atoms with E-state index in [-0.39, 0.29) is 0 Å². The summed E-state index contributed by atoms with van der Waals surface area (Å²) in [5, 5.41) is 4.67. The maximum atomic E-state index is 12.7. The van der Waals surface area contributed by atoms with E-state index >= 15 is 0 Å². The second-order valence-corrected chi connectivity index (χ2v) is 5.32. The van der Waals surface area contributed by atoms with E-state index in [1.54, 1.807) is 26.8 Å². The van der Waals surface area contributed by atoms with Crippen LogP contribution in [-0.2, 0) is 6.18 Å². The third kappa shape index (κ3) is 3.98. The molecule has 2 rings (SSSR count). The lowest BCUT2D eigenvalue weighted by molar-refractivity contribution is -0.137. The van der Waals surface area contributed by atoms with E-state index < -0.39 is 35.1 Å². The van der Waals surface area contributed by atoms with Gasteiger partial charge in [-0.1, -0.05) is 0 Å². The van der Waals surface area contributed by atoms with Gasteiger partial charge in [-0.15, -0.1) is 0 Å². The van der Waals surface area contributed by atoms with Gasteiger partial charge in [0.25, 0.3) is 5.56 Å². The van der Waals surface area contributed by atoms with Crippen molar-refractivity contribution in [3.05, 3.63) is 51.3 Å². The summed E-state index contributed by atoms with van der Waals surface area (Å²) >= 11 is 0. The first-order chi connectivity index (χ1) is 11.1. The summed E-state index contributed by atoms with van der Waals surface area (Å²) in [4.78, 5) is 25.5. The summed E-state index contributed by atoms with van der Waals surface area (Å²) in [6.07, 6.45) is -4.08. The number of halogens is 3. The number of anilines is 1. The number of hydrogen-bond acceptors (Lipinski definition) is 3. The van der Waals surface area contributed by atoms with Gasteiger partial charge in [-0.25, -0.2) is 4.79 Å². The number of aromatic amines is 1. The van der Waals surface area contributed by atoms with E-state index in [0.29, 0.717) is 23.8 Å². The van der Waals surface area contributed by atoms with Crippen molar-refractivity contribution in [2.24, 2.45) is 0 Å². The predicted molar refractivity (Wildman–Crippen MR) is 80.8 cm³/mol. The first kappa shape index (κ1) is 17.6. The molecule has 0 spiro atoms. The lowest BCUT2D eigenvalue weighted by Crippen LogP contribution is -2.33. The average Bonchev–Trinajstić information content (AvgIpc) is 2.79. The van der Waals surface area contributed by atoms with Crippen LogP contribution in [0.15, 0.2) is 27.5 Å². The van der Waals surface area contributed by atoms with Gasteiger partial charge in [0.2, 0.25) is 0 Å². The summed E-state index contributed by atoms with van der Waals surface area (Å²) < 4.78 is 43.3. The maximum Gasteiger partial charge on any atom is 0.417 e. The number of carbonyl (C=O) groups is 1. The number of rotatable bonds is 3. The third-order valence-corrected chi connectivity index (χ3v) is 3.37. The highest BCUT2D eigenvalue weighted by atomic mass is 19.4. The molecule has 6 nitrogen and oxygen atoms in total. The van der Waals surface area contributed by atoms with Crippen LogP contribution in [0.3, 0.4) is 0 Å². The number of pyridine rings is 1. The Morgan fingerprint density at radius 1 is 1.29 bits per heavy atom. The number of aromatic nitrogens is 1. The number of H-pyrrole nitrogens is 1. The average molecular weight is 343 g/mol. The Morgan fingerprint density at radius 3 is 2.50 bits per heavy atom. The van der Waals surface area contributed by atoms with Gasteiger partial charge < -0.3 is 20.0 Å². The van der Waals surface area contributed by atoms with Gasteiger partial charge in [0, 0.05) is 11.8 Å². The number of carbonyl (C=O) groups excluding carboxylic acids is 1. The number of nitrogens with one attached hydrogen (secondary N) is 3. The van der Waals surface area contributed by atoms with Gasteiger partial charge in [0.15, 0.2) is 0 Å². The van der Waals surface area contributed by atoms with Crippen molar-refractivity contribution >= 4 is 11.7 Å². The Bertz CT molecular complexity index is 808. The standard InChI is InChI=1S/C15H16F3N3O3/c1-7-4-11(9(3)24-7)8(2)20-14(23)21-12-5-10(15(16,17)18)6-19-13(12)22/h4-6,8H,1-3H3,(H,19,22)(H2,20,21,23). The molecule has 2 aromatic heterocycles. The van der Waals surface area contributed by atoms with Crippen LogP contribution in [0.5, 0.6) is 0 Å². The van der Waals surface area contributed by atoms with Crippen molar-refractivity contribution in [3.8, 4) is 0 Å². The summed E-state index contributed by atoms with van der Waals surface area (Å²) in [6, 6.07) is 1.08. The van der Waals surface area contributed by atoms with E-state index in [9.17, 15) is 22.8 Å². The molecule has 130 valence electrons. The van der Waals surface area contributed by atoms with Crippen molar-refractivity contribution in [2.45, 2.75) is 33.0 Å². The van der Waals surface area contributed by atoms with Crippen LogP contribution < -0.4 is 16.2 Å². The van der Waals surface area contributed by atoms with Gasteiger partial charge in [-0.05, 0) is 32.9 Å². The Balaban J connectivity index is 2.12. The van der Waals surface area contributed by atoms with Crippen LogP contribution in [0.2, 0.25) is 0 Å². The van der Waals surface area contributed by atoms with E-state index in [4.69, 9.17) is 4.42 Å². The van der Waals surface area contributed by atoms with Gasteiger partial charge in [0.1, 0.15) is 17.2 Å². The fraction of sp³-hybridized carbons (Fsp3) is 0.333. The minimum Gasteiger partial charge on any atom is -0.466 e. The molecule has 1 unspecified atom stereocenters. The highest BCUT2D eigenvalue weighted by molar-refractivity contribution is 5.89. The van der Waals surface area contributed by atoms with Crippen LogP contribution in [0.4, 0.5) is 23.7 Å². The van der Waals surface area contributed by atoms with Crippen LogP contribution >= 0.6 is 0 Å². The van der Waals surface area contributed by atoms with Crippen molar-refractivity contribution in [1.82, 2.24) is 10.3 Å². The van der Waals surface area contributed by atoms with Gasteiger partial charge >= 0.3 is 12.2 Å². The minimum absolute atomic E-state index is 0.452. The highest BCUT2D eigenvalue weighted by Gasteiger charge is 2.31. The van der Waals surface area contributed by atoms with E-state index in [2.05, 4.69) is 10.6 Å². The SMILES string of the molecule is Cc1cc(C(C)NC(=O)Nc2cc(C(F)(F)F)c[nH]c2=O)c(C)o1. The fourth-order valence-electron chi connectivity index (χ4n) is 2.25. The number of amides is 2. The molecular weight excluding hydrogens is 327 g/mol. The smallest absolute Gasteiger partial charge is 0.417 e. The molecule has 0 radical (unpaired) electrons. The zero-order valence-electron chi connectivity index (χ0n) is 13.2. The molecule has 2 heterocycles. The Morgan fingerprint density at radius 2 is 1.96 bits per heavy atom. The zero-order valence-corrected chi connectivity index (χ0v) is 13.2. The number of urea groups is 1. The lowest BCUT2D eigenvalue weighted by Gasteiger charge is -2.14. The second-order valence-electron chi connectivity index (χ2n) is 5.32. The fourth-order valence-corrected chi connectivity index (χ4v) is 2.25. The molecule has 0 aliphatic rings. The van der Waals surface area contributed by atoms with Crippen LogP contribution in [0, 0.1) is 13.8 Å². The molecule has 3 N–H and O–H groups in total. The van der Waals surface area contributed by atoms with E-state index in [0.717, 1.165) is 5.56 Å². The first-order valence-corrected chi connectivity index (χ1v) is 7.02. The normalized spacial score (nSPS) is 12.8. The van der Waals surface area contributed by atoms with Gasteiger partial charge in [-0.2, -0.15) is 13.2 Å². The topological polar surface area (TPSA) is 87.1 Å². The molecule has 0 fully saturated rings. The molecule has 0 aliphatic heterocycles. The molecule has 0 saturated carbocycles. The third-order valence-electron chi connectivity index (χ3n) is 3.37. The number of furan rings is 1. The van der Waals surface area contributed by atoms with Gasteiger partial charge in [0.05, 0.1) is 11.6 Å². The van der Waals surface area contributed by atoms with Crippen molar-refractivity contribution in [2.75, 3.05) is 5.32 Å². The molecule has 0 saturated heterocycles. The maximum absolute atomic E-state index is 12.7. The molecule has 2 amide bonds. The molecule has 0 aliphatic carbocycles. The summed E-state index contributed by atoms with van der Waals surface area (Å²) in [7, 11) is 0. The number of aryl methyl sites for hydroxylation is 2. The van der Waals surface area contributed by atoms with Crippen molar-refractivity contribution < 1.29 is 22.4 Å².